The van der Waals surface area contributed by atoms with Crippen molar-refractivity contribution in [1.82, 2.24) is 5.32 Å². The highest BCUT2D eigenvalue weighted by molar-refractivity contribution is 5.82. The monoisotopic (exact) mass is 256 g/mol. The summed E-state index contributed by atoms with van der Waals surface area (Å²) in [7, 11) is 0. The van der Waals surface area contributed by atoms with Crippen molar-refractivity contribution in [3.63, 3.8) is 0 Å². The highest BCUT2D eigenvalue weighted by atomic mass is 16.5. The Hall–Kier alpha value is -0.610. The third-order valence-electron chi connectivity index (χ3n) is 3.52. The van der Waals surface area contributed by atoms with E-state index in [1.165, 1.54) is 19.3 Å². The number of nitrogens with one attached hydrogen (secondary N) is 1. The summed E-state index contributed by atoms with van der Waals surface area (Å²) < 4.78 is 5.74. The van der Waals surface area contributed by atoms with Crippen molar-refractivity contribution in [1.29, 1.82) is 0 Å². The summed E-state index contributed by atoms with van der Waals surface area (Å²) in [5, 5.41) is 2.84. The minimum atomic E-state index is -0.466. The molecule has 0 aromatic carbocycles. The molecule has 1 aliphatic rings. The molecule has 4 heteroatoms. The fraction of sp³-hybridized carbons (Fsp3) is 0.929. The Morgan fingerprint density at radius 1 is 1.33 bits per heavy atom. The molecule has 1 amide bonds. The van der Waals surface area contributed by atoms with Crippen molar-refractivity contribution in [3.8, 4) is 0 Å². The Kier molecular flexibility index (Phi) is 6.09. The van der Waals surface area contributed by atoms with Crippen LogP contribution >= 0.6 is 0 Å². The highest BCUT2D eigenvalue weighted by Crippen LogP contribution is 2.20. The van der Waals surface area contributed by atoms with Gasteiger partial charge in [-0.15, -0.1) is 0 Å². The first kappa shape index (κ1) is 15.4. The second-order valence-electron chi connectivity index (χ2n) is 6.27. The van der Waals surface area contributed by atoms with Crippen LogP contribution in [0.2, 0.25) is 0 Å². The van der Waals surface area contributed by atoms with Gasteiger partial charge in [-0.3, -0.25) is 4.79 Å². The summed E-state index contributed by atoms with van der Waals surface area (Å²) in [6.45, 7) is 7.05. The number of ether oxygens (including phenoxy) is 1. The zero-order valence-corrected chi connectivity index (χ0v) is 12.0. The first-order valence-corrected chi connectivity index (χ1v) is 7.06. The zero-order chi connectivity index (χ0) is 13.6. The van der Waals surface area contributed by atoms with E-state index in [1.54, 1.807) is 0 Å². The van der Waals surface area contributed by atoms with Crippen LogP contribution in [0.4, 0.5) is 0 Å². The Morgan fingerprint density at radius 2 is 1.94 bits per heavy atom. The molecule has 106 valence electrons. The van der Waals surface area contributed by atoms with Crippen molar-refractivity contribution >= 4 is 5.91 Å². The summed E-state index contributed by atoms with van der Waals surface area (Å²) in [6.07, 6.45) is 6.59. The molecule has 0 aliphatic heterocycles. The van der Waals surface area contributed by atoms with Gasteiger partial charge in [0.25, 0.3) is 0 Å². The molecule has 1 rings (SSSR count). The van der Waals surface area contributed by atoms with E-state index in [2.05, 4.69) is 5.32 Å². The van der Waals surface area contributed by atoms with Gasteiger partial charge < -0.3 is 15.8 Å². The van der Waals surface area contributed by atoms with E-state index >= 15 is 0 Å². The molecule has 0 heterocycles. The Bertz CT molecular complexity index is 255. The topological polar surface area (TPSA) is 64.4 Å². The maximum absolute atomic E-state index is 11.7. The number of hydrogen-bond acceptors (Lipinski definition) is 3. The molecule has 1 aliphatic carbocycles. The molecular weight excluding hydrogens is 228 g/mol. The largest absolute Gasteiger partial charge is 0.376 e. The minimum Gasteiger partial charge on any atom is -0.376 e. The summed E-state index contributed by atoms with van der Waals surface area (Å²) in [5.41, 5.74) is 5.67. The molecule has 18 heavy (non-hydrogen) atoms. The predicted molar refractivity (Wildman–Crippen MR) is 73.3 cm³/mol. The van der Waals surface area contributed by atoms with Crippen LogP contribution in [0.1, 0.15) is 52.9 Å². The molecule has 4 nitrogen and oxygen atoms in total. The highest BCUT2D eigenvalue weighted by Gasteiger charge is 2.27. The molecule has 0 aromatic heterocycles. The maximum Gasteiger partial charge on any atom is 0.237 e. The summed E-state index contributed by atoms with van der Waals surface area (Å²) in [4.78, 5) is 11.7. The molecule has 1 fully saturated rings. The fourth-order valence-electron chi connectivity index (χ4n) is 2.13. The van der Waals surface area contributed by atoms with E-state index in [0.717, 1.165) is 12.8 Å². The molecule has 1 saturated carbocycles. The average molecular weight is 256 g/mol. The van der Waals surface area contributed by atoms with E-state index in [1.807, 2.05) is 20.8 Å². The average Bonchev–Trinajstić information content (AvgIpc) is 2.33. The van der Waals surface area contributed by atoms with Crippen LogP contribution in [0, 0.1) is 5.41 Å². The summed E-state index contributed by atoms with van der Waals surface area (Å²) in [6, 6.07) is -0.466. The van der Waals surface area contributed by atoms with Gasteiger partial charge in [0.2, 0.25) is 5.91 Å². The number of carbonyl (C=O) groups excluding carboxylic acids is 1. The normalized spacial score (nSPS) is 19.6. The Balaban J connectivity index is 2.11. The first-order chi connectivity index (χ1) is 8.41. The SMILES string of the molecule is CC(C)(C)[C@H](N)C(=O)NCCOC1CCCCC1. The van der Waals surface area contributed by atoms with Crippen molar-refractivity contribution < 1.29 is 9.53 Å². The predicted octanol–water partition coefficient (Wildman–Crippen LogP) is 1.83. The van der Waals surface area contributed by atoms with Crippen LogP contribution < -0.4 is 11.1 Å². The van der Waals surface area contributed by atoms with Gasteiger partial charge in [-0.05, 0) is 18.3 Å². The van der Waals surface area contributed by atoms with Crippen molar-refractivity contribution in [2.75, 3.05) is 13.2 Å². The molecule has 1 atom stereocenters. The summed E-state index contributed by atoms with van der Waals surface area (Å²) >= 11 is 0. The first-order valence-electron chi connectivity index (χ1n) is 7.06. The quantitative estimate of drug-likeness (QED) is 0.738. The van der Waals surface area contributed by atoms with Gasteiger partial charge in [0.05, 0.1) is 18.8 Å². The maximum atomic E-state index is 11.7. The number of hydrogen-bond donors (Lipinski definition) is 2. The third kappa shape index (κ3) is 5.36. The van der Waals surface area contributed by atoms with Gasteiger partial charge in [-0.2, -0.15) is 0 Å². The van der Waals surface area contributed by atoms with Crippen LogP contribution in [0.25, 0.3) is 0 Å². The van der Waals surface area contributed by atoms with Crippen LogP contribution in [0.5, 0.6) is 0 Å². The summed E-state index contributed by atoms with van der Waals surface area (Å²) in [5.74, 6) is -0.0882. The standard InChI is InChI=1S/C14H28N2O2/c1-14(2,3)12(15)13(17)16-9-10-18-11-7-5-4-6-8-11/h11-12H,4-10,15H2,1-3H3,(H,16,17)/t12-/m1/s1. The van der Waals surface area contributed by atoms with Gasteiger partial charge >= 0.3 is 0 Å². The van der Waals surface area contributed by atoms with Crippen LogP contribution in [-0.4, -0.2) is 31.2 Å². The molecule has 0 bridgehead atoms. The van der Waals surface area contributed by atoms with E-state index in [-0.39, 0.29) is 11.3 Å². The van der Waals surface area contributed by atoms with E-state index in [0.29, 0.717) is 19.3 Å². The Morgan fingerprint density at radius 3 is 2.50 bits per heavy atom. The van der Waals surface area contributed by atoms with Crippen LogP contribution in [-0.2, 0) is 9.53 Å². The lowest BCUT2D eigenvalue weighted by molar-refractivity contribution is -0.124. The molecule has 0 saturated heterocycles. The van der Waals surface area contributed by atoms with E-state index in [9.17, 15) is 4.79 Å². The van der Waals surface area contributed by atoms with Crippen molar-refractivity contribution in [3.05, 3.63) is 0 Å². The van der Waals surface area contributed by atoms with Gasteiger partial charge in [0.15, 0.2) is 0 Å². The molecule has 0 radical (unpaired) electrons. The van der Waals surface area contributed by atoms with Gasteiger partial charge in [0, 0.05) is 6.54 Å². The van der Waals surface area contributed by atoms with Crippen molar-refractivity contribution in [2.24, 2.45) is 11.1 Å². The Labute approximate surface area is 111 Å². The molecule has 0 aromatic rings. The number of nitrogens with two attached hydrogens (primary N) is 1. The minimum absolute atomic E-state index is 0.0882. The number of amides is 1. The number of carbonyl (C=O) groups is 1. The second-order valence-corrected chi connectivity index (χ2v) is 6.27. The molecular formula is C14H28N2O2. The third-order valence-corrected chi connectivity index (χ3v) is 3.52. The van der Waals surface area contributed by atoms with Crippen LogP contribution in [0.3, 0.4) is 0 Å². The van der Waals surface area contributed by atoms with Crippen LogP contribution in [0.15, 0.2) is 0 Å². The van der Waals surface area contributed by atoms with E-state index in [4.69, 9.17) is 10.5 Å². The lowest BCUT2D eigenvalue weighted by Gasteiger charge is -2.26. The van der Waals surface area contributed by atoms with Gasteiger partial charge in [-0.25, -0.2) is 0 Å². The molecule has 0 spiro atoms. The van der Waals surface area contributed by atoms with Gasteiger partial charge in [-0.1, -0.05) is 40.0 Å². The zero-order valence-electron chi connectivity index (χ0n) is 12.0. The second kappa shape index (κ2) is 7.10. The lowest BCUT2D eigenvalue weighted by Crippen LogP contribution is -2.49. The lowest BCUT2D eigenvalue weighted by atomic mass is 9.87. The number of rotatable bonds is 5. The van der Waals surface area contributed by atoms with E-state index < -0.39 is 6.04 Å². The van der Waals surface area contributed by atoms with Crippen molar-refractivity contribution in [2.45, 2.75) is 65.0 Å². The molecule has 0 unspecified atom stereocenters. The fourth-order valence-corrected chi connectivity index (χ4v) is 2.13. The molecule has 3 N–H and O–H groups in total. The van der Waals surface area contributed by atoms with Gasteiger partial charge in [0.1, 0.15) is 0 Å². The smallest absolute Gasteiger partial charge is 0.237 e.